The number of rotatable bonds is 7. The van der Waals surface area contributed by atoms with Gasteiger partial charge in [-0.1, -0.05) is 20.8 Å². The average molecular weight is 546 g/mol. The van der Waals surface area contributed by atoms with Gasteiger partial charge in [0.1, 0.15) is 11.6 Å². The maximum Gasteiger partial charge on any atom is 0.235 e. The zero-order chi connectivity index (χ0) is 29.1. The van der Waals surface area contributed by atoms with Crippen LogP contribution in [0.5, 0.6) is 5.75 Å². The highest BCUT2D eigenvalue weighted by atomic mass is 19.1. The molecule has 1 aromatic carbocycles. The number of nitrogens with two attached hydrogens (primary N) is 1. The fraction of sp³-hybridized carbons (Fsp3) is 0.607. The molecule has 0 radical (unpaired) electrons. The van der Waals surface area contributed by atoms with E-state index in [1.54, 1.807) is 0 Å². The van der Waals surface area contributed by atoms with Crippen LogP contribution in [0.25, 0.3) is 0 Å². The summed E-state index contributed by atoms with van der Waals surface area (Å²) in [5.74, 6) is -11.9. The third-order valence-corrected chi connectivity index (χ3v) is 8.53. The molecule has 0 bridgehead atoms. The van der Waals surface area contributed by atoms with Gasteiger partial charge in [0.15, 0.2) is 34.7 Å². The van der Waals surface area contributed by atoms with E-state index >= 15 is 4.39 Å². The number of aliphatic hydroxyl groups is 1. The number of hydrogen-bond acceptors (Lipinski definition) is 9. The summed E-state index contributed by atoms with van der Waals surface area (Å²) >= 11 is 0. The number of carbonyl (C=O) groups is 5. The Morgan fingerprint density at radius 1 is 1.21 bits per heavy atom. The van der Waals surface area contributed by atoms with Gasteiger partial charge in [-0.15, -0.1) is 0 Å². The van der Waals surface area contributed by atoms with Crippen molar-refractivity contribution in [2.45, 2.75) is 51.8 Å². The fourth-order valence-corrected chi connectivity index (χ4v) is 6.89. The summed E-state index contributed by atoms with van der Waals surface area (Å²) in [5, 5.41) is 22.4. The van der Waals surface area contributed by atoms with Crippen LogP contribution in [0.4, 0.5) is 4.39 Å². The third kappa shape index (κ3) is 4.40. The number of amides is 1. The summed E-state index contributed by atoms with van der Waals surface area (Å²) in [6, 6.07) is -0.0131. The maximum atomic E-state index is 15.9. The van der Waals surface area contributed by atoms with Gasteiger partial charge in [0.25, 0.3) is 0 Å². The topological polar surface area (TPSA) is 158 Å². The Bertz CT molecular complexity index is 1260. The van der Waals surface area contributed by atoms with Crippen LogP contribution < -0.4 is 5.73 Å². The van der Waals surface area contributed by atoms with Crippen LogP contribution in [0.1, 0.15) is 48.7 Å². The smallest absolute Gasteiger partial charge is 0.235 e. The van der Waals surface area contributed by atoms with E-state index in [0.29, 0.717) is 19.0 Å². The first-order chi connectivity index (χ1) is 18.2. The summed E-state index contributed by atoms with van der Waals surface area (Å²) < 4.78 is 15.9. The largest absolute Gasteiger partial charge is 0.507 e. The van der Waals surface area contributed by atoms with Crippen molar-refractivity contribution in [3.05, 3.63) is 28.6 Å². The van der Waals surface area contributed by atoms with E-state index in [1.807, 2.05) is 25.7 Å². The molecule has 2 fully saturated rings. The number of hydrogen-bond donors (Lipinski definition) is 3. The van der Waals surface area contributed by atoms with Gasteiger partial charge in [0.05, 0.1) is 17.5 Å². The van der Waals surface area contributed by atoms with Crippen molar-refractivity contribution in [1.29, 1.82) is 0 Å². The molecular formula is C28H36FN3O7. The van der Waals surface area contributed by atoms with Gasteiger partial charge in [0, 0.05) is 30.1 Å². The maximum absolute atomic E-state index is 15.9. The van der Waals surface area contributed by atoms with Gasteiger partial charge in [-0.25, -0.2) is 4.39 Å². The Morgan fingerprint density at radius 3 is 2.38 bits per heavy atom. The van der Waals surface area contributed by atoms with E-state index in [0.717, 1.165) is 0 Å². The highest BCUT2D eigenvalue weighted by Gasteiger charge is 2.69. The SMILES string of the molecule is CCN(Cc1cc(O)c2c(c1F)CC1CC3C(N(C)C)C(=O)C(C(N)=O)C(=O)C3(O)C(=O)C1C2=O)CC(C)C. The van der Waals surface area contributed by atoms with E-state index in [4.69, 9.17) is 5.73 Å². The first-order valence-corrected chi connectivity index (χ1v) is 13.3. The Hall–Kier alpha value is -3.02. The Balaban J connectivity index is 1.79. The molecule has 212 valence electrons. The van der Waals surface area contributed by atoms with Gasteiger partial charge < -0.3 is 15.9 Å². The molecule has 4 rings (SSSR count). The Kier molecular flexibility index (Phi) is 7.57. The molecule has 0 saturated heterocycles. The lowest BCUT2D eigenvalue weighted by atomic mass is 9.52. The van der Waals surface area contributed by atoms with Crippen LogP contribution >= 0.6 is 0 Å². The average Bonchev–Trinajstić information content (AvgIpc) is 2.83. The van der Waals surface area contributed by atoms with Gasteiger partial charge >= 0.3 is 0 Å². The zero-order valence-electron chi connectivity index (χ0n) is 22.9. The summed E-state index contributed by atoms with van der Waals surface area (Å²) in [6.45, 7) is 7.58. The summed E-state index contributed by atoms with van der Waals surface area (Å²) in [5.41, 5.74) is 2.38. The molecule has 3 aliphatic rings. The predicted molar refractivity (Wildman–Crippen MR) is 137 cm³/mol. The quantitative estimate of drug-likeness (QED) is 0.415. The number of primary amides is 1. The van der Waals surface area contributed by atoms with Crippen LogP contribution in [0, 0.1) is 35.4 Å². The zero-order valence-corrected chi connectivity index (χ0v) is 22.9. The lowest BCUT2D eigenvalue weighted by Gasteiger charge is -2.52. The normalized spacial score (nSPS) is 30.6. The molecule has 1 amide bonds. The lowest BCUT2D eigenvalue weighted by molar-refractivity contribution is -0.181. The monoisotopic (exact) mass is 545 g/mol. The lowest BCUT2D eigenvalue weighted by Crippen LogP contribution is -2.74. The summed E-state index contributed by atoms with van der Waals surface area (Å²) in [4.78, 5) is 69.3. The number of Topliss-reactive ketones (excluding diaryl/α,β-unsaturated/α-hetero) is 4. The first-order valence-electron chi connectivity index (χ1n) is 13.3. The second-order valence-corrected chi connectivity index (χ2v) is 11.7. The Labute approximate surface area is 226 Å². The predicted octanol–water partition coefficient (Wildman–Crippen LogP) is 0.484. The molecule has 6 atom stereocenters. The van der Waals surface area contributed by atoms with Crippen LogP contribution in [-0.4, -0.2) is 87.9 Å². The van der Waals surface area contributed by atoms with Crippen molar-refractivity contribution in [2.24, 2.45) is 35.3 Å². The number of ketones is 4. The van der Waals surface area contributed by atoms with E-state index in [9.17, 15) is 34.2 Å². The molecule has 2 saturated carbocycles. The Morgan fingerprint density at radius 2 is 1.85 bits per heavy atom. The number of halogens is 1. The van der Waals surface area contributed by atoms with Gasteiger partial charge in [0.2, 0.25) is 5.91 Å². The number of nitrogens with zero attached hydrogens (tertiary/aromatic N) is 2. The molecule has 11 heteroatoms. The second kappa shape index (κ2) is 10.2. The number of benzene rings is 1. The molecule has 1 aromatic rings. The molecule has 0 spiro atoms. The van der Waals surface area contributed by atoms with Gasteiger partial charge in [-0.2, -0.15) is 0 Å². The van der Waals surface area contributed by atoms with Crippen molar-refractivity contribution in [3.8, 4) is 5.75 Å². The standard InChI is InChI=1S/C28H36FN3O7/c1-6-32(10-12(2)3)11-14-9-17(33)19-15(21(14)29)7-13-8-16-22(31(4)5)24(35)20(27(30)38)26(37)28(16,39)25(36)18(13)23(19)34/h9,12-13,16,18,20,22,33,39H,6-8,10-11H2,1-5H3,(H2,30,38). The van der Waals surface area contributed by atoms with E-state index in [1.165, 1.54) is 25.1 Å². The molecule has 0 heterocycles. The van der Waals surface area contributed by atoms with Crippen molar-refractivity contribution in [1.82, 2.24) is 9.80 Å². The second-order valence-electron chi connectivity index (χ2n) is 11.7. The van der Waals surface area contributed by atoms with Crippen molar-refractivity contribution >= 4 is 29.0 Å². The number of phenolic OH excluding ortho intramolecular Hbond substituents is 1. The van der Waals surface area contributed by atoms with Crippen molar-refractivity contribution in [2.75, 3.05) is 27.2 Å². The highest BCUT2D eigenvalue weighted by Crippen LogP contribution is 2.51. The molecule has 4 N–H and O–H groups in total. The number of fused-ring (bicyclic) bond motifs is 3. The molecule has 3 aliphatic carbocycles. The summed E-state index contributed by atoms with van der Waals surface area (Å²) in [7, 11) is 3.02. The molecule has 0 aromatic heterocycles. The molecule has 6 unspecified atom stereocenters. The third-order valence-electron chi connectivity index (χ3n) is 8.53. The number of phenols is 1. The van der Waals surface area contributed by atoms with E-state index in [-0.39, 0.29) is 36.1 Å². The minimum absolute atomic E-state index is 0.0139. The van der Waals surface area contributed by atoms with Gasteiger partial charge in [-0.3, -0.25) is 33.8 Å². The molecule has 10 nitrogen and oxygen atoms in total. The number of carbonyl (C=O) groups excluding carboxylic acids is 5. The van der Waals surface area contributed by atoms with Crippen molar-refractivity contribution in [3.63, 3.8) is 0 Å². The molecule has 39 heavy (non-hydrogen) atoms. The molecular weight excluding hydrogens is 509 g/mol. The number of likely N-dealkylation sites (N-methyl/N-ethyl adjacent to an activating group) is 1. The summed E-state index contributed by atoms with van der Waals surface area (Å²) in [6.07, 6.45) is -0.224. The number of aromatic hydroxyl groups is 1. The minimum Gasteiger partial charge on any atom is -0.507 e. The van der Waals surface area contributed by atoms with Crippen LogP contribution in [0.3, 0.4) is 0 Å². The first kappa shape index (κ1) is 29.0. The van der Waals surface area contributed by atoms with Crippen LogP contribution in [0.2, 0.25) is 0 Å². The van der Waals surface area contributed by atoms with Crippen LogP contribution in [0.15, 0.2) is 6.07 Å². The van der Waals surface area contributed by atoms with E-state index in [2.05, 4.69) is 0 Å². The minimum atomic E-state index is -2.80. The molecule has 0 aliphatic heterocycles. The highest BCUT2D eigenvalue weighted by molar-refractivity contribution is 6.32. The van der Waals surface area contributed by atoms with Crippen LogP contribution in [-0.2, 0) is 32.1 Å². The van der Waals surface area contributed by atoms with Gasteiger partial charge in [-0.05, 0) is 51.4 Å². The fourth-order valence-electron chi connectivity index (χ4n) is 6.89. The van der Waals surface area contributed by atoms with E-state index < -0.39 is 75.9 Å². The van der Waals surface area contributed by atoms with Crippen molar-refractivity contribution < 1.29 is 38.6 Å².